The average molecular weight is 230 g/mol. The largest absolute Gasteiger partial charge is 0.381 e. The summed E-state index contributed by atoms with van der Waals surface area (Å²) in [5, 5.41) is 0. The smallest absolute Gasteiger partial charge is 0.0770 e. The fraction of sp³-hybridized carbons (Fsp3) is 1.00. The lowest BCUT2D eigenvalue weighted by atomic mass is 10.2. The summed E-state index contributed by atoms with van der Waals surface area (Å²) in [6, 6.07) is 0. The second-order valence-electron chi connectivity index (χ2n) is 1.63. The molecular weight excluding hydrogens is 224 g/mol. The van der Waals surface area contributed by atoms with Gasteiger partial charge in [0.05, 0.1) is 17.0 Å². The van der Waals surface area contributed by atoms with Crippen molar-refractivity contribution in [2.24, 2.45) is 5.92 Å². The molecule has 1 fully saturated rings. The molecule has 0 spiro atoms. The lowest BCUT2D eigenvalue weighted by Gasteiger charge is -2.26. The Hall–Kier alpha value is 0.920. The molecule has 0 unspecified atom stereocenters. The molecule has 7 heavy (non-hydrogen) atoms. The van der Waals surface area contributed by atoms with Crippen LogP contribution in [0.3, 0.4) is 0 Å². The normalized spacial score (nSPS) is 22.7. The lowest BCUT2D eigenvalue weighted by molar-refractivity contribution is -0.0219. The summed E-state index contributed by atoms with van der Waals surface area (Å²) < 4.78 is 5.39. The SMILES string of the molecule is BrC(Br)C1COC1. The van der Waals surface area contributed by atoms with Crippen LogP contribution in [0.25, 0.3) is 0 Å². The second kappa shape index (κ2) is 2.46. The Balaban J connectivity index is 2.14. The molecule has 0 aromatic heterocycles. The van der Waals surface area contributed by atoms with Gasteiger partial charge in [-0.15, -0.1) is 0 Å². The number of hydrogen-bond donors (Lipinski definition) is 0. The van der Waals surface area contributed by atoms with Gasteiger partial charge in [-0.1, -0.05) is 31.9 Å². The van der Waals surface area contributed by atoms with E-state index >= 15 is 0 Å². The summed E-state index contributed by atoms with van der Waals surface area (Å²) >= 11 is 6.78. The van der Waals surface area contributed by atoms with Gasteiger partial charge >= 0.3 is 0 Å². The Kier molecular flexibility index (Phi) is 2.13. The molecule has 0 bridgehead atoms. The molecule has 1 aliphatic heterocycles. The molecule has 0 N–H and O–H groups in total. The van der Waals surface area contributed by atoms with Crippen molar-refractivity contribution in [1.29, 1.82) is 0 Å². The van der Waals surface area contributed by atoms with Gasteiger partial charge in [0, 0.05) is 5.92 Å². The minimum absolute atomic E-state index is 0.453. The Morgan fingerprint density at radius 3 is 2.00 bits per heavy atom. The first-order chi connectivity index (χ1) is 3.30. The average Bonchev–Trinajstić information content (AvgIpc) is 1.23. The summed E-state index contributed by atoms with van der Waals surface area (Å²) in [4.78, 5) is 0. The van der Waals surface area contributed by atoms with Gasteiger partial charge in [0.2, 0.25) is 0 Å². The van der Waals surface area contributed by atoms with E-state index < -0.39 is 0 Å². The van der Waals surface area contributed by atoms with Crippen molar-refractivity contribution >= 4 is 31.9 Å². The van der Waals surface area contributed by atoms with E-state index in [4.69, 9.17) is 4.74 Å². The molecule has 1 aliphatic rings. The predicted octanol–water partition coefficient (Wildman–Crippen LogP) is 1.75. The van der Waals surface area contributed by atoms with Crippen molar-refractivity contribution in [1.82, 2.24) is 0 Å². The maximum atomic E-state index is 4.94. The summed E-state index contributed by atoms with van der Waals surface area (Å²) in [6.07, 6.45) is 0. The molecule has 0 aromatic carbocycles. The first-order valence-corrected chi connectivity index (χ1v) is 3.99. The lowest BCUT2D eigenvalue weighted by Crippen LogP contribution is -2.31. The maximum Gasteiger partial charge on any atom is 0.0770 e. The molecule has 0 saturated carbocycles. The van der Waals surface area contributed by atoms with Crippen LogP contribution in [-0.2, 0) is 4.74 Å². The van der Waals surface area contributed by atoms with E-state index in [9.17, 15) is 0 Å². The quantitative estimate of drug-likeness (QED) is 0.623. The van der Waals surface area contributed by atoms with Gasteiger partial charge in [0.15, 0.2) is 0 Å². The van der Waals surface area contributed by atoms with Gasteiger partial charge in [-0.3, -0.25) is 0 Å². The van der Waals surface area contributed by atoms with Crippen LogP contribution >= 0.6 is 31.9 Å². The molecule has 3 heteroatoms. The third-order valence-electron chi connectivity index (χ3n) is 1.02. The summed E-state index contributed by atoms with van der Waals surface area (Å²) in [5.41, 5.74) is 0. The van der Waals surface area contributed by atoms with E-state index in [1.807, 2.05) is 0 Å². The molecule has 42 valence electrons. The molecule has 0 aliphatic carbocycles. The first-order valence-electron chi connectivity index (χ1n) is 2.16. The molecule has 1 nitrogen and oxygen atoms in total. The fourth-order valence-corrected chi connectivity index (χ4v) is 1.01. The van der Waals surface area contributed by atoms with Crippen molar-refractivity contribution in [3.63, 3.8) is 0 Å². The molecule has 0 aromatic rings. The van der Waals surface area contributed by atoms with Crippen LogP contribution in [0.2, 0.25) is 0 Å². The van der Waals surface area contributed by atoms with E-state index in [0.717, 1.165) is 13.2 Å². The molecule has 0 amide bonds. The highest BCUT2D eigenvalue weighted by Crippen LogP contribution is 2.25. The van der Waals surface area contributed by atoms with Crippen LogP contribution < -0.4 is 0 Å². The van der Waals surface area contributed by atoms with Crippen molar-refractivity contribution < 1.29 is 4.74 Å². The van der Waals surface area contributed by atoms with Crippen LogP contribution in [0.1, 0.15) is 0 Å². The monoisotopic (exact) mass is 228 g/mol. The number of halogens is 2. The van der Waals surface area contributed by atoms with Crippen LogP contribution in [0.4, 0.5) is 0 Å². The van der Waals surface area contributed by atoms with Crippen LogP contribution in [-0.4, -0.2) is 17.0 Å². The highest BCUT2D eigenvalue weighted by molar-refractivity contribution is 9.24. The molecule has 1 saturated heterocycles. The van der Waals surface area contributed by atoms with Gasteiger partial charge in [0.1, 0.15) is 0 Å². The zero-order valence-electron chi connectivity index (χ0n) is 3.73. The van der Waals surface area contributed by atoms with E-state index in [1.165, 1.54) is 0 Å². The maximum absolute atomic E-state index is 4.94. The highest BCUT2D eigenvalue weighted by atomic mass is 79.9. The Morgan fingerprint density at radius 2 is 2.00 bits per heavy atom. The fourth-order valence-electron chi connectivity index (χ4n) is 0.399. The number of ether oxygens (including phenoxy) is 1. The number of hydrogen-bond acceptors (Lipinski definition) is 1. The van der Waals surface area contributed by atoms with Gasteiger partial charge in [0.25, 0.3) is 0 Å². The highest BCUT2D eigenvalue weighted by Gasteiger charge is 2.23. The Bertz CT molecular complexity index is 60.7. The van der Waals surface area contributed by atoms with E-state index in [2.05, 4.69) is 31.9 Å². The molecule has 1 rings (SSSR count). The van der Waals surface area contributed by atoms with E-state index in [1.54, 1.807) is 0 Å². The van der Waals surface area contributed by atoms with Crippen molar-refractivity contribution in [3.05, 3.63) is 0 Å². The molecular formula is C4H6Br2O. The minimum Gasteiger partial charge on any atom is -0.381 e. The predicted molar refractivity (Wildman–Crippen MR) is 36.0 cm³/mol. The van der Waals surface area contributed by atoms with Gasteiger partial charge in [-0.05, 0) is 0 Å². The standard InChI is InChI=1S/C4H6Br2O/c5-4(6)3-1-7-2-3/h3-4H,1-2H2. The van der Waals surface area contributed by atoms with Crippen molar-refractivity contribution in [2.45, 2.75) is 3.74 Å². The molecule has 0 radical (unpaired) electrons. The summed E-state index contributed by atoms with van der Waals surface area (Å²) in [6.45, 7) is 1.81. The van der Waals surface area contributed by atoms with E-state index in [-0.39, 0.29) is 0 Å². The third kappa shape index (κ3) is 1.40. The van der Waals surface area contributed by atoms with Gasteiger partial charge < -0.3 is 4.74 Å². The van der Waals surface area contributed by atoms with Crippen molar-refractivity contribution in [2.75, 3.05) is 13.2 Å². The zero-order valence-corrected chi connectivity index (χ0v) is 6.91. The van der Waals surface area contributed by atoms with Crippen LogP contribution in [0.15, 0.2) is 0 Å². The summed E-state index contributed by atoms with van der Waals surface area (Å²) in [5.74, 6) is 0.694. The zero-order chi connectivity index (χ0) is 5.28. The number of rotatable bonds is 1. The Morgan fingerprint density at radius 1 is 1.43 bits per heavy atom. The van der Waals surface area contributed by atoms with Crippen LogP contribution in [0, 0.1) is 5.92 Å². The first kappa shape index (κ1) is 6.05. The Labute approximate surface area is 59.7 Å². The van der Waals surface area contributed by atoms with Crippen molar-refractivity contribution in [3.8, 4) is 0 Å². The third-order valence-corrected chi connectivity index (χ3v) is 2.52. The van der Waals surface area contributed by atoms with Gasteiger partial charge in [-0.25, -0.2) is 0 Å². The summed E-state index contributed by atoms with van der Waals surface area (Å²) in [7, 11) is 0. The molecule has 0 atom stereocenters. The van der Waals surface area contributed by atoms with E-state index in [0.29, 0.717) is 9.65 Å². The van der Waals surface area contributed by atoms with Gasteiger partial charge in [-0.2, -0.15) is 0 Å². The second-order valence-corrected chi connectivity index (χ2v) is 4.83. The topological polar surface area (TPSA) is 9.23 Å². The number of alkyl halides is 2. The minimum atomic E-state index is 0.453. The van der Waals surface area contributed by atoms with Crippen LogP contribution in [0.5, 0.6) is 0 Å². The molecule has 1 heterocycles.